The van der Waals surface area contributed by atoms with Gasteiger partial charge in [0.25, 0.3) is 0 Å². The van der Waals surface area contributed by atoms with Crippen LogP contribution in [-0.2, 0) is 4.84 Å². The quantitative estimate of drug-likeness (QED) is 0.441. The molecule has 2 heteroatoms. The third-order valence-corrected chi connectivity index (χ3v) is 0.635. The highest BCUT2D eigenvalue weighted by Gasteiger charge is 1.84. The lowest BCUT2D eigenvalue weighted by Gasteiger charge is -1.93. The molecule has 1 aliphatic rings. The third kappa shape index (κ3) is 0.913. The maximum atomic E-state index is 4.62. The molecule has 0 N–H and O–H groups in total. The third-order valence-electron chi connectivity index (χ3n) is 0.635. The van der Waals surface area contributed by atoms with E-state index in [1.165, 1.54) is 0 Å². The highest BCUT2D eigenvalue weighted by Crippen LogP contribution is 1.96. The lowest BCUT2D eigenvalue weighted by Crippen LogP contribution is -1.80. The Bertz CT molecular complexity index is 151. The van der Waals surface area contributed by atoms with Crippen LogP contribution in [-0.4, -0.2) is 5.87 Å². The number of nitrogens with zero attached hydrogens (tertiary/aromatic N) is 1. The van der Waals surface area contributed by atoms with Crippen LogP contribution in [0.3, 0.4) is 0 Å². The Hall–Kier alpha value is -1.01. The lowest BCUT2D eigenvalue weighted by molar-refractivity contribution is 0.230. The largest absolute Gasteiger partial charge is 0.354 e. The van der Waals surface area contributed by atoms with Gasteiger partial charge in [0.15, 0.2) is 0 Å². The van der Waals surface area contributed by atoms with Gasteiger partial charge in [-0.3, -0.25) is 0 Å². The van der Waals surface area contributed by atoms with E-state index >= 15 is 0 Å². The number of hydrogen-bond donors (Lipinski definition) is 0. The minimum atomic E-state index is 0.804. The van der Waals surface area contributed by atoms with E-state index in [2.05, 4.69) is 15.9 Å². The number of hydrogen-bond acceptors (Lipinski definition) is 2. The van der Waals surface area contributed by atoms with Gasteiger partial charge in [-0.25, -0.2) is 0 Å². The van der Waals surface area contributed by atoms with Crippen molar-refractivity contribution in [2.75, 3.05) is 0 Å². The fourth-order valence-corrected chi connectivity index (χ4v) is 0.314. The summed E-state index contributed by atoms with van der Waals surface area (Å²) < 4.78 is 0. The second-order valence-corrected chi connectivity index (χ2v) is 1.26. The Labute approximate surface area is 41.8 Å². The van der Waals surface area contributed by atoms with Crippen molar-refractivity contribution in [3.8, 4) is 0 Å². The monoisotopic (exact) mass is 95.0 g/mol. The first-order chi connectivity index (χ1) is 3.39. The van der Waals surface area contributed by atoms with Gasteiger partial charge in [-0.2, -0.15) is 0 Å². The van der Waals surface area contributed by atoms with E-state index in [-0.39, 0.29) is 0 Å². The minimum Gasteiger partial charge on any atom is -0.354 e. The second-order valence-electron chi connectivity index (χ2n) is 1.26. The topological polar surface area (TPSA) is 21.6 Å². The van der Waals surface area contributed by atoms with Crippen LogP contribution in [0.15, 0.2) is 23.1 Å². The summed E-state index contributed by atoms with van der Waals surface area (Å²) in [6, 6.07) is 0. The Morgan fingerprint density at radius 1 is 1.86 bits per heavy atom. The van der Waals surface area contributed by atoms with Crippen LogP contribution in [0.25, 0.3) is 0 Å². The first-order valence-electron chi connectivity index (χ1n) is 2.02. The van der Waals surface area contributed by atoms with Gasteiger partial charge in [-0.1, -0.05) is 0 Å². The van der Waals surface area contributed by atoms with Crippen molar-refractivity contribution in [3.63, 3.8) is 0 Å². The summed E-state index contributed by atoms with van der Waals surface area (Å²) in [6.45, 7) is 1.83. The molecule has 36 valence electrons. The van der Waals surface area contributed by atoms with Crippen LogP contribution in [0.4, 0.5) is 0 Å². The van der Waals surface area contributed by atoms with Crippen molar-refractivity contribution in [3.05, 3.63) is 17.9 Å². The summed E-state index contributed by atoms with van der Waals surface area (Å²) in [5.74, 6) is 3.32. The average molecular weight is 95.1 g/mol. The molecule has 0 atom stereocenters. The van der Waals surface area contributed by atoms with Crippen LogP contribution in [0, 0.1) is 0 Å². The smallest absolute Gasteiger partial charge is 0.133 e. The van der Waals surface area contributed by atoms with E-state index in [9.17, 15) is 0 Å². The summed E-state index contributed by atoms with van der Waals surface area (Å²) in [6.07, 6.45) is 3.51. The van der Waals surface area contributed by atoms with Gasteiger partial charge in [-0.05, 0) is 18.2 Å². The molecule has 0 radical (unpaired) electrons. The highest BCUT2D eigenvalue weighted by atomic mass is 16.6. The molecular weight excluding hydrogens is 90.1 g/mol. The molecule has 0 aromatic carbocycles. The minimum absolute atomic E-state index is 0.804. The van der Waals surface area contributed by atoms with Crippen molar-refractivity contribution >= 4 is 5.87 Å². The fraction of sp³-hybridized carbons (Fsp3) is 0.200. The Morgan fingerprint density at radius 2 is 2.71 bits per heavy atom. The van der Waals surface area contributed by atoms with E-state index < -0.39 is 0 Å². The summed E-state index contributed by atoms with van der Waals surface area (Å²) in [5, 5.41) is 3.38. The van der Waals surface area contributed by atoms with Crippen molar-refractivity contribution in [1.29, 1.82) is 0 Å². The molecule has 0 bridgehead atoms. The summed E-state index contributed by atoms with van der Waals surface area (Å²) >= 11 is 0. The lowest BCUT2D eigenvalue weighted by atomic mass is 10.5. The van der Waals surface area contributed by atoms with Crippen LogP contribution in [0.1, 0.15) is 6.92 Å². The molecule has 0 fully saturated rings. The molecule has 1 heterocycles. The number of rotatable bonds is 0. The van der Waals surface area contributed by atoms with Crippen molar-refractivity contribution in [2.45, 2.75) is 6.92 Å². The van der Waals surface area contributed by atoms with E-state index in [1.54, 1.807) is 12.2 Å². The first kappa shape index (κ1) is 4.16. The van der Waals surface area contributed by atoms with Gasteiger partial charge in [0, 0.05) is 11.9 Å². The van der Waals surface area contributed by atoms with Gasteiger partial charge >= 0.3 is 0 Å². The average Bonchev–Trinajstić information content (AvgIpc) is 1.69. The molecule has 1 rings (SSSR count). The predicted octanol–water partition coefficient (Wildman–Crippen LogP) is 1.06. The molecule has 0 aromatic rings. The fourth-order valence-electron chi connectivity index (χ4n) is 0.314. The predicted molar refractivity (Wildman–Crippen MR) is 26.8 cm³/mol. The zero-order chi connectivity index (χ0) is 5.11. The Balaban J connectivity index is 2.77. The van der Waals surface area contributed by atoms with E-state index in [4.69, 9.17) is 0 Å². The number of allylic oxidation sites excluding steroid dienone is 3. The molecular formula is C5H5NO. The van der Waals surface area contributed by atoms with Crippen molar-refractivity contribution in [2.24, 2.45) is 5.16 Å². The molecule has 0 saturated heterocycles. The maximum absolute atomic E-state index is 4.62. The molecule has 0 unspecified atom stereocenters. The van der Waals surface area contributed by atoms with Gasteiger partial charge in [0.2, 0.25) is 0 Å². The van der Waals surface area contributed by atoms with E-state index in [0.717, 1.165) is 5.76 Å². The van der Waals surface area contributed by atoms with Gasteiger partial charge in [-0.15, -0.1) is 0 Å². The first-order valence-corrected chi connectivity index (χ1v) is 2.02. The SMILES string of the molecule is CC1=CC=C=NO1. The molecule has 0 saturated carbocycles. The standard InChI is InChI=1S/C5H5NO/c1-5-3-2-4-6-7-5/h2-3H,1H3. The molecule has 2 nitrogen and oxygen atoms in total. The molecule has 0 amide bonds. The second kappa shape index (κ2) is 1.63. The summed E-state index contributed by atoms with van der Waals surface area (Å²) in [5.41, 5.74) is 0. The molecule has 0 aliphatic carbocycles. The van der Waals surface area contributed by atoms with Crippen LogP contribution in [0.2, 0.25) is 0 Å². The van der Waals surface area contributed by atoms with E-state index in [1.807, 2.05) is 6.92 Å². The molecule has 7 heavy (non-hydrogen) atoms. The van der Waals surface area contributed by atoms with Crippen LogP contribution in [0.5, 0.6) is 0 Å². The highest BCUT2D eigenvalue weighted by molar-refractivity contribution is 5.55. The van der Waals surface area contributed by atoms with Crippen LogP contribution >= 0.6 is 0 Å². The van der Waals surface area contributed by atoms with Gasteiger partial charge in [0.05, 0.1) is 0 Å². The van der Waals surface area contributed by atoms with Gasteiger partial charge < -0.3 is 4.84 Å². The molecule has 0 aromatic heterocycles. The Kier molecular flexibility index (Phi) is 0.966. The van der Waals surface area contributed by atoms with Crippen molar-refractivity contribution in [1.82, 2.24) is 0 Å². The van der Waals surface area contributed by atoms with Crippen LogP contribution < -0.4 is 0 Å². The Morgan fingerprint density at radius 3 is 3.00 bits per heavy atom. The molecule has 1 aliphatic heterocycles. The summed E-state index contributed by atoms with van der Waals surface area (Å²) in [7, 11) is 0. The molecule has 0 spiro atoms. The zero-order valence-electron chi connectivity index (χ0n) is 4.01. The summed E-state index contributed by atoms with van der Waals surface area (Å²) in [4.78, 5) is 4.62. The van der Waals surface area contributed by atoms with E-state index in [0.29, 0.717) is 0 Å². The van der Waals surface area contributed by atoms with Gasteiger partial charge in [0.1, 0.15) is 5.76 Å². The zero-order valence-corrected chi connectivity index (χ0v) is 4.01. The maximum Gasteiger partial charge on any atom is 0.133 e. The normalized spacial score (nSPS) is 15.9. The van der Waals surface area contributed by atoms with Crippen molar-refractivity contribution < 1.29 is 4.84 Å².